The fraction of sp³-hybridized carbons (Fsp3) is 0.300. The van der Waals surface area contributed by atoms with Crippen molar-refractivity contribution in [3.8, 4) is 11.5 Å². The quantitative estimate of drug-likeness (QED) is 0.636. The Bertz CT molecular complexity index is 425. The number of carbonyl (C=O) groups excluding carboxylic acids is 1. The molecule has 80 valence electrons. The van der Waals surface area contributed by atoms with Gasteiger partial charge in [0, 0.05) is 0 Å². The van der Waals surface area contributed by atoms with Crippen molar-refractivity contribution in [2.75, 3.05) is 7.11 Å². The molecule has 0 aliphatic rings. The van der Waals surface area contributed by atoms with Crippen molar-refractivity contribution < 1.29 is 14.6 Å². The first-order chi connectivity index (χ1) is 7.11. The number of aryl methyl sites for hydroxylation is 1. The summed E-state index contributed by atoms with van der Waals surface area (Å²) in [7, 11) is 1.44. The fourth-order valence-corrected chi connectivity index (χ4v) is 1.54. The van der Waals surface area contributed by atoms with E-state index in [9.17, 15) is 9.90 Å². The van der Waals surface area contributed by atoms with E-state index in [1.54, 1.807) is 13.0 Å². The van der Waals surface area contributed by atoms with Crippen LogP contribution in [-0.4, -0.2) is 18.3 Å². The van der Waals surface area contributed by atoms with Gasteiger partial charge in [0.1, 0.15) is 0 Å². The third-order valence-electron chi connectivity index (χ3n) is 2.05. The average molecular weight is 228 g/mol. The molecule has 0 bridgehead atoms. The minimum Gasteiger partial charge on any atom is -0.503 e. The number of isocyanates is 1. The molecular weight excluding hydrogens is 218 g/mol. The fourth-order valence-electron chi connectivity index (χ4n) is 1.24. The van der Waals surface area contributed by atoms with Crippen LogP contribution >= 0.6 is 11.6 Å². The van der Waals surface area contributed by atoms with Crippen molar-refractivity contribution in [3.63, 3.8) is 0 Å². The van der Waals surface area contributed by atoms with E-state index >= 15 is 0 Å². The van der Waals surface area contributed by atoms with Gasteiger partial charge in [-0.05, 0) is 24.1 Å². The number of aliphatic imine (C=N–C) groups is 1. The number of phenolic OH excluding ortho intramolecular Hbond substituents is 1. The smallest absolute Gasteiger partial charge is 0.235 e. The molecule has 0 aliphatic carbocycles. The van der Waals surface area contributed by atoms with E-state index in [4.69, 9.17) is 16.3 Å². The van der Waals surface area contributed by atoms with Crippen LogP contribution in [-0.2, 0) is 11.3 Å². The zero-order valence-electron chi connectivity index (χ0n) is 8.37. The number of hydrogen-bond donors (Lipinski definition) is 1. The summed E-state index contributed by atoms with van der Waals surface area (Å²) in [4.78, 5) is 13.4. The van der Waals surface area contributed by atoms with Gasteiger partial charge in [0.05, 0.1) is 18.7 Å². The Hall–Kier alpha value is -1.51. The van der Waals surface area contributed by atoms with E-state index in [0.29, 0.717) is 11.3 Å². The Kier molecular flexibility index (Phi) is 3.72. The molecule has 0 fully saturated rings. The van der Waals surface area contributed by atoms with Gasteiger partial charge in [0.25, 0.3) is 0 Å². The van der Waals surface area contributed by atoms with Crippen LogP contribution in [0.2, 0.25) is 5.02 Å². The van der Waals surface area contributed by atoms with E-state index in [2.05, 4.69) is 4.99 Å². The molecule has 1 aromatic rings. The van der Waals surface area contributed by atoms with E-state index in [0.717, 1.165) is 5.56 Å². The second kappa shape index (κ2) is 4.82. The molecule has 0 aliphatic heterocycles. The van der Waals surface area contributed by atoms with Gasteiger partial charge in [0.15, 0.2) is 11.5 Å². The van der Waals surface area contributed by atoms with Crippen molar-refractivity contribution in [1.82, 2.24) is 0 Å². The predicted molar refractivity (Wildman–Crippen MR) is 56.2 cm³/mol. The Labute approximate surface area is 92.2 Å². The van der Waals surface area contributed by atoms with Gasteiger partial charge in [-0.25, -0.2) is 9.79 Å². The van der Waals surface area contributed by atoms with Gasteiger partial charge in [-0.2, -0.15) is 0 Å². The largest absolute Gasteiger partial charge is 0.503 e. The molecule has 0 heterocycles. The van der Waals surface area contributed by atoms with Crippen LogP contribution < -0.4 is 4.74 Å². The molecule has 1 N–H and O–H groups in total. The molecule has 0 atom stereocenters. The van der Waals surface area contributed by atoms with E-state index < -0.39 is 0 Å². The summed E-state index contributed by atoms with van der Waals surface area (Å²) in [5.41, 5.74) is 1.40. The number of halogens is 1. The Morgan fingerprint density at radius 3 is 2.87 bits per heavy atom. The SMILES string of the molecule is COc1cc(C)c(CN=C=O)c(Cl)c1O. The van der Waals surface area contributed by atoms with Crippen LogP contribution in [0.15, 0.2) is 11.1 Å². The third kappa shape index (κ3) is 2.29. The highest BCUT2D eigenvalue weighted by molar-refractivity contribution is 6.33. The number of rotatable bonds is 3. The van der Waals surface area contributed by atoms with Crippen molar-refractivity contribution in [2.45, 2.75) is 13.5 Å². The summed E-state index contributed by atoms with van der Waals surface area (Å²) >= 11 is 5.90. The standard InChI is InChI=1S/C10H10ClNO3/c1-6-3-8(15-2)10(14)9(11)7(6)4-12-5-13/h3,14H,4H2,1-2H3. The number of aromatic hydroxyl groups is 1. The number of ether oxygens (including phenoxy) is 1. The Morgan fingerprint density at radius 1 is 1.67 bits per heavy atom. The lowest BCUT2D eigenvalue weighted by atomic mass is 10.1. The number of nitrogens with zero attached hydrogens (tertiary/aromatic N) is 1. The third-order valence-corrected chi connectivity index (χ3v) is 2.46. The summed E-state index contributed by atoms with van der Waals surface area (Å²) < 4.78 is 4.92. The summed E-state index contributed by atoms with van der Waals surface area (Å²) in [6.07, 6.45) is 1.42. The maximum absolute atomic E-state index is 9.99. The second-order valence-corrected chi connectivity index (χ2v) is 3.32. The summed E-state index contributed by atoms with van der Waals surface area (Å²) in [6.45, 7) is 1.90. The number of methoxy groups -OCH3 is 1. The lowest BCUT2D eigenvalue weighted by Gasteiger charge is -2.11. The monoisotopic (exact) mass is 227 g/mol. The highest BCUT2D eigenvalue weighted by Gasteiger charge is 2.14. The van der Waals surface area contributed by atoms with Crippen LogP contribution in [0.25, 0.3) is 0 Å². The Balaban J connectivity index is 3.28. The molecule has 0 saturated carbocycles. The predicted octanol–water partition coefficient (Wildman–Crippen LogP) is 2.20. The normalized spacial score (nSPS) is 9.53. The zero-order valence-corrected chi connectivity index (χ0v) is 9.13. The summed E-state index contributed by atoms with van der Waals surface area (Å²) in [6, 6.07) is 1.64. The van der Waals surface area contributed by atoms with E-state index in [1.807, 2.05) is 0 Å². The molecule has 4 nitrogen and oxygen atoms in total. The van der Waals surface area contributed by atoms with Crippen molar-refractivity contribution in [1.29, 1.82) is 0 Å². The second-order valence-electron chi connectivity index (χ2n) is 2.94. The minimum absolute atomic E-state index is 0.103. The van der Waals surface area contributed by atoms with Crippen LogP contribution in [0.4, 0.5) is 0 Å². The summed E-state index contributed by atoms with van der Waals surface area (Å²) in [5, 5.41) is 9.76. The van der Waals surface area contributed by atoms with E-state index in [1.165, 1.54) is 13.2 Å². The van der Waals surface area contributed by atoms with Crippen molar-refractivity contribution >= 4 is 17.7 Å². The minimum atomic E-state index is -0.138. The molecule has 0 spiro atoms. The van der Waals surface area contributed by atoms with Gasteiger partial charge in [-0.3, -0.25) is 0 Å². The average Bonchev–Trinajstić information content (AvgIpc) is 2.23. The lowest BCUT2D eigenvalue weighted by Crippen LogP contribution is -1.93. The van der Waals surface area contributed by atoms with Gasteiger partial charge in [0.2, 0.25) is 6.08 Å². The van der Waals surface area contributed by atoms with Gasteiger partial charge >= 0.3 is 0 Å². The molecule has 15 heavy (non-hydrogen) atoms. The van der Waals surface area contributed by atoms with Crippen LogP contribution in [0.5, 0.6) is 11.5 Å². The maximum atomic E-state index is 9.99. The van der Waals surface area contributed by atoms with Gasteiger partial charge in [-0.1, -0.05) is 11.6 Å². The first kappa shape index (κ1) is 11.6. The molecule has 0 aromatic heterocycles. The lowest BCUT2D eigenvalue weighted by molar-refractivity contribution is 0.373. The first-order valence-electron chi connectivity index (χ1n) is 4.20. The molecule has 1 rings (SSSR count). The number of hydrogen-bond acceptors (Lipinski definition) is 4. The molecule has 1 aromatic carbocycles. The van der Waals surface area contributed by atoms with Crippen LogP contribution in [0.3, 0.4) is 0 Å². The molecular formula is C10H10ClNO3. The number of phenols is 1. The molecule has 0 saturated heterocycles. The number of benzene rings is 1. The molecule has 0 unspecified atom stereocenters. The molecule has 5 heteroatoms. The first-order valence-corrected chi connectivity index (χ1v) is 4.58. The van der Waals surface area contributed by atoms with E-state index in [-0.39, 0.29) is 17.3 Å². The van der Waals surface area contributed by atoms with Crippen molar-refractivity contribution in [3.05, 3.63) is 22.2 Å². The van der Waals surface area contributed by atoms with Crippen molar-refractivity contribution in [2.24, 2.45) is 4.99 Å². The summed E-state index contributed by atoms with van der Waals surface area (Å²) in [5.74, 6) is 0.164. The zero-order chi connectivity index (χ0) is 11.4. The van der Waals surface area contributed by atoms with Gasteiger partial charge < -0.3 is 9.84 Å². The molecule has 0 radical (unpaired) electrons. The topological polar surface area (TPSA) is 58.9 Å². The van der Waals surface area contributed by atoms with Gasteiger partial charge in [-0.15, -0.1) is 0 Å². The highest BCUT2D eigenvalue weighted by atomic mass is 35.5. The highest BCUT2D eigenvalue weighted by Crippen LogP contribution is 2.38. The maximum Gasteiger partial charge on any atom is 0.235 e. The van der Waals surface area contributed by atoms with Crippen LogP contribution in [0, 0.1) is 6.92 Å². The van der Waals surface area contributed by atoms with Crippen LogP contribution in [0.1, 0.15) is 11.1 Å². The molecule has 0 amide bonds. The Morgan fingerprint density at radius 2 is 2.33 bits per heavy atom.